The molecule has 1 aliphatic heterocycles. The molecule has 98 valence electrons. The third kappa shape index (κ3) is 3.99. The van der Waals surface area contributed by atoms with Crippen LogP contribution in [-0.4, -0.2) is 52.3 Å². The zero-order valence-corrected chi connectivity index (χ0v) is 10.3. The molecule has 0 aromatic carbocycles. The first kappa shape index (κ1) is 14.0. The second kappa shape index (κ2) is 5.48. The summed E-state index contributed by atoms with van der Waals surface area (Å²) in [6, 6.07) is -0.590. The first-order valence-electron chi connectivity index (χ1n) is 5.46. The maximum Gasteiger partial charge on any atom is 0.435 e. The van der Waals surface area contributed by atoms with Crippen molar-refractivity contribution in [3.63, 3.8) is 0 Å². The van der Waals surface area contributed by atoms with E-state index in [0.29, 0.717) is 0 Å². The van der Waals surface area contributed by atoms with Crippen LogP contribution in [0.2, 0.25) is 0 Å². The molecule has 0 aromatic rings. The Morgan fingerprint density at radius 3 is 2.47 bits per heavy atom. The Labute approximate surface area is 100 Å². The van der Waals surface area contributed by atoms with Crippen LogP contribution in [0.3, 0.4) is 0 Å². The second-order valence-corrected chi connectivity index (χ2v) is 4.77. The van der Waals surface area contributed by atoms with Gasteiger partial charge in [-0.05, 0) is 20.8 Å². The first-order chi connectivity index (χ1) is 7.87. The maximum absolute atomic E-state index is 11.8. The third-order valence-corrected chi connectivity index (χ3v) is 2.04. The zero-order valence-electron chi connectivity index (χ0n) is 10.3. The van der Waals surface area contributed by atoms with Crippen LogP contribution in [-0.2, 0) is 9.57 Å². The fourth-order valence-electron chi connectivity index (χ4n) is 1.30. The van der Waals surface area contributed by atoms with Crippen molar-refractivity contribution in [1.82, 2.24) is 5.06 Å². The standard InChI is InChI=1S/C11H19NO5/c1-11(2,3)16-10(15)12-8(6-13)4-5-9(7-14)17-12/h4-5,8-9,13-14H,6-7H2,1-3H3/t8-,9-/m0/s1. The SMILES string of the molecule is CC(C)(C)OC(=O)N1O[C@H](CO)C=C[C@H]1CO. The molecule has 0 aromatic heterocycles. The van der Waals surface area contributed by atoms with Crippen LogP contribution < -0.4 is 0 Å². The number of ether oxygens (including phenoxy) is 1. The Morgan fingerprint density at radius 2 is 2.00 bits per heavy atom. The van der Waals surface area contributed by atoms with Gasteiger partial charge in [0.05, 0.1) is 13.2 Å². The Morgan fingerprint density at radius 1 is 1.35 bits per heavy atom. The van der Waals surface area contributed by atoms with Gasteiger partial charge in [-0.2, -0.15) is 5.06 Å². The molecule has 2 atom stereocenters. The largest absolute Gasteiger partial charge is 0.442 e. The van der Waals surface area contributed by atoms with Gasteiger partial charge in [-0.15, -0.1) is 0 Å². The second-order valence-electron chi connectivity index (χ2n) is 4.77. The summed E-state index contributed by atoms with van der Waals surface area (Å²) >= 11 is 0. The minimum absolute atomic E-state index is 0.242. The van der Waals surface area contributed by atoms with Gasteiger partial charge in [0.2, 0.25) is 0 Å². The highest BCUT2D eigenvalue weighted by Crippen LogP contribution is 2.17. The lowest BCUT2D eigenvalue weighted by Gasteiger charge is -2.34. The van der Waals surface area contributed by atoms with E-state index in [1.807, 2.05) is 0 Å². The van der Waals surface area contributed by atoms with Crippen molar-refractivity contribution < 1.29 is 24.6 Å². The highest BCUT2D eigenvalue weighted by molar-refractivity contribution is 5.67. The maximum atomic E-state index is 11.8. The molecular weight excluding hydrogens is 226 g/mol. The van der Waals surface area contributed by atoms with Crippen LogP contribution in [0.25, 0.3) is 0 Å². The average Bonchev–Trinajstić information content (AvgIpc) is 2.25. The Kier molecular flexibility index (Phi) is 4.50. The highest BCUT2D eigenvalue weighted by atomic mass is 16.7. The van der Waals surface area contributed by atoms with E-state index in [4.69, 9.17) is 19.8 Å². The van der Waals surface area contributed by atoms with E-state index in [1.165, 1.54) is 0 Å². The van der Waals surface area contributed by atoms with Gasteiger partial charge < -0.3 is 14.9 Å². The summed E-state index contributed by atoms with van der Waals surface area (Å²) in [6.07, 6.45) is 1.93. The third-order valence-electron chi connectivity index (χ3n) is 2.04. The number of hydroxylamine groups is 2. The predicted octanol–water partition coefficient (Wildman–Crippen LogP) is 0.447. The molecule has 0 aliphatic carbocycles. The van der Waals surface area contributed by atoms with Gasteiger partial charge >= 0.3 is 6.09 Å². The molecule has 0 saturated heterocycles. The molecule has 0 radical (unpaired) electrons. The van der Waals surface area contributed by atoms with E-state index in [-0.39, 0.29) is 13.2 Å². The van der Waals surface area contributed by atoms with Crippen molar-refractivity contribution in [1.29, 1.82) is 0 Å². The smallest absolute Gasteiger partial charge is 0.435 e. The van der Waals surface area contributed by atoms with Gasteiger partial charge in [0.15, 0.2) is 0 Å². The number of rotatable bonds is 2. The summed E-state index contributed by atoms with van der Waals surface area (Å²) in [5, 5.41) is 19.0. The molecule has 17 heavy (non-hydrogen) atoms. The molecule has 0 spiro atoms. The van der Waals surface area contributed by atoms with Crippen molar-refractivity contribution in [2.45, 2.75) is 38.5 Å². The number of nitrogens with zero attached hydrogens (tertiary/aromatic N) is 1. The molecule has 0 bridgehead atoms. The van der Waals surface area contributed by atoms with Gasteiger partial charge in [-0.1, -0.05) is 12.2 Å². The molecule has 2 N–H and O–H groups in total. The van der Waals surface area contributed by atoms with Gasteiger partial charge in [-0.3, -0.25) is 4.84 Å². The molecule has 1 amide bonds. The number of aliphatic hydroxyl groups is 2. The van der Waals surface area contributed by atoms with Crippen LogP contribution in [0.4, 0.5) is 4.79 Å². The summed E-state index contributed by atoms with van der Waals surface area (Å²) < 4.78 is 5.14. The van der Waals surface area contributed by atoms with Crippen LogP contribution in [0.15, 0.2) is 12.2 Å². The lowest BCUT2D eigenvalue weighted by molar-refractivity contribution is -0.202. The predicted molar refractivity (Wildman–Crippen MR) is 60.0 cm³/mol. The van der Waals surface area contributed by atoms with Crippen molar-refractivity contribution in [2.75, 3.05) is 13.2 Å². The van der Waals surface area contributed by atoms with Crippen molar-refractivity contribution in [2.24, 2.45) is 0 Å². The fourth-order valence-corrected chi connectivity index (χ4v) is 1.30. The van der Waals surface area contributed by atoms with Crippen molar-refractivity contribution >= 4 is 6.09 Å². The van der Waals surface area contributed by atoms with E-state index in [1.54, 1.807) is 32.9 Å². The van der Waals surface area contributed by atoms with Crippen LogP contribution in [0, 0.1) is 0 Å². The van der Waals surface area contributed by atoms with Gasteiger partial charge in [0.25, 0.3) is 0 Å². The summed E-state index contributed by atoms with van der Waals surface area (Å²) in [5.74, 6) is 0. The quantitative estimate of drug-likeness (QED) is 0.690. The Balaban J connectivity index is 2.73. The monoisotopic (exact) mass is 245 g/mol. The lowest BCUT2D eigenvalue weighted by atomic mass is 10.2. The Bertz CT molecular complexity index is 297. The fraction of sp³-hybridized carbons (Fsp3) is 0.727. The molecule has 0 unspecified atom stereocenters. The molecule has 6 heteroatoms. The lowest BCUT2D eigenvalue weighted by Crippen LogP contribution is -2.48. The summed E-state index contributed by atoms with van der Waals surface area (Å²) in [4.78, 5) is 17.0. The summed E-state index contributed by atoms with van der Waals surface area (Å²) in [5.41, 5.74) is -0.643. The van der Waals surface area contributed by atoms with Gasteiger partial charge in [0.1, 0.15) is 17.7 Å². The first-order valence-corrected chi connectivity index (χ1v) is 5.46. The normalized spacial score (nSPS) is 24.9. The van der Waals surface area contributed by atoms with Crippen molar-refractivity contribution in [3.8, 4) is 0 Å². The van der Waals surface area contributed by atoms with Gasteiger partial charge in [0, 0.05) is 0 Å². The summed E-state index contributed by atoms with van der Waals surface area (Å²) in [7, 11) is 0. The minimum Gasteiger partial charge on any atom is -0.442 e. The average molecular weight is 245 g/mol. The van der Waals surface area contributed by atoms with E-state index in [2.05, 4.69) is 0 Å². The molecule has 0 saturated carbocycles. The number of carbonyl (C=O) groups is 1. The van der Waals surface area contributed by atoms with E-state index in [9.17, 15) is 4.79 Å². The Hall–Kier alpha value is -1.11. The van der Waals surface area contributed by atoms with Crippen LogP contribution in [0.5, 0.6) is 0 Å². The van der Waals surface area contributed by atoms with Crippen LogP contribution >= 0.6 is 0 Å². The number of carbonyl (C=O) groups excluding carboxylic acids is 1. The molecule has 0 fully saturated rings. The highest BCUT2D eigenvalue weighted by Gasteiger charge is 2.32. The van der Waals surface area contributed by atoms with Gasteiger partial charge in [-0.25, -0.2) is 4.79 Å². The zero-order chi connectivity index (χ0) is 13.1. The van der Waals surface area contributed by atoms with Crippen LogP contribution in [0.1, 0.15) is 20.8 Å². The molecule has 1 heterocycles. The molecule has 6 nitrogen and oxygen atoms in total. The van der Waals surface area contributed by atoms with E-state index >= 15 is 0 Å². The summed E-state index contributed by atoms with van der Waals surface area (Å²) in [6.45, 7) is 4.70. The molecular formula is C11H19NO5. The number of hydrogen-bond acceptors (Lipinski definition) is 5. The molecule has 1 rings (SSSR count). The number of amides is 1. The topological polar surface area (TPSA) is 79.2 Å². The minimum atomic E-state index is -0.681. The number of hydrogen-bond donors (Lipinski definition) is 2. The van der Waals surface area contributed by atoms with E-state index < -0.39 is 23.8 Å². The number of aliphatic hydroxyl groups excluding tert-OH is 2. The van der Waals surface area contributed by atoms with E-state index in [0.717, 1.165) is 5.06 Å². The molecule has 1 aliphatic rings. The van der Waals surface area contributed by atoms with Crippen molar-refractivity contribution in [3.05, 3.63) is 12.2 Å².